The Balaban J connectivity index is 0.000000486. The van der Waals surface area contributed by atoms with Crippen molar-refractivity contribution < 1.29 is 37.8 Å². The van der Waals surface area contributed by atoms with Crippen LogP contribution in [-0.2, 0) is 14.4 Å². The van der Waals surface area contributed by atoms with Gasteiger partial charge in [0.25, 0.3) is 0 Å². The Morgan fingerprint density at radius 2 is 1.52 bits per heavy atom. The lowest BCUT2D eigenvalue weighted by atomic mass is 9.88. The molecule has 1 aliphatic carbocycles. The molecule has 9 heteroatoms. The summed E-state index contributed by atoms with van der Waals surface area (Å²) < 4.78 is 31.7. The molecule has 0 radical (unpaired) electrons. The minimum atomic E-state index is -5.08. The van der Waals surface area contributed by atoms with Crippen LogP contribution in [0.15, 0.2) is 0 Å². The fourth-order valence-corrected chi connectivity index (χ4v) is 1.76. The number of halogens is 3. The van der Waals surface area contributed by atoms with Gasteiger partial charge in [0.1, 0.15) is 6.04 Å². The number of aliphatic carboxylic acids is 2. The molecule has 6 nitrogen and oxygen atoms in total. The summed E-state index contributed by atoms with van der Waals surface area (Å²) in [7, 11) is 0. The van der Waals surface area contributed by atoms with Crippen LogP contribution in [0, 0.1) is 5.92 Å². The Bertz CT molecular complexity index is 378. The molecule has 1 amide bonds. The van der Waals surface area contributed by atoms with Crippen molar-refractivity contribution in [3.63, 3.8) is 0 Å². The van der Waals surface area contributed by atoms with Crippen LogP contribution in [0.3, 0.4) is 0 Å². The van der Waals surface area contributed by atoms with Crippen LogP contribution < -0.4 is 5.32 Å². The zero-order valence-corrected chi connectivity index (χ0v) is 11.4. The van der Waals surface area contributed by atoms with Crippen LogP contribution >= 0.6 is 0 Å². The number of carbonyl (C=O) groups is 3. The number of amides is 1. The molecule has 1 atom stereocenters. The predicted octanol–water partition coefficient (Wildman–Crippen LogP) is 1.79. The highest BCUT2D eigenvalue weighted by atomic mass is 19.4. The summed E-state index contributed by atoms with van der Waals surface area (Å²) in [6, 6.07) is -0.774. The number of alkyl halides is 3. The van der Waals surface area contributed by atoms with Crippen molar-refractivity contribution >= 4 is 17.8 Å². The number of carbonyl (C=O) groups excluding carboxylic acids is 1. The van der Waals surface area contributed by atoms with Crippen molar-refractivity contribution in [3.05, 3.63) is 0 Å². The molecule has 0 heterocycles. The summed E-state index contributed by atoms with van der Waals surface area (Å²) in [6.07, 6.45) is 0.0771. The Morgan fingerprint density at radius 1 is 1.10 bits per heavy atom. The minimum Gasteiger partial charge on any atom is -0.480 e. The summed E-state index contributed by atoms with van der Waals surface area (Å²) >= 11 is 0. The zero-order chi connectivity index (χ0) is 16.6. The number of hydrogen-bond acceptors (Lipinski definition) is 3. The summed E-state index contributed by atoms with van der Waals surface area (Å²) in [5.74, 6) is -3.80. The second-order valence-electron chi connectivity index (χ2n) is 4.71. The second-order valence-corrected chi connectivity index (χ2v) is 4.71. The van der Waals surface area contributed by atoms with Gasteiger partial charge < -0.3 is 15.5 Å². The molecule has 122 valence electrons. The van der Waals surface area contributed by atoms with E-state index in [4.69, 9.17) is 15.0 Å². The third kappa shape index (κ3) is 8.16. The van der Waals surface area contributed by atoms with Gasteiger partial charge in [0.15, 0.2) is 0 Å². The summed E-state index contributed by atoms with van der Waals surface area (Å²) in [5, 5.41) is 18.3. The second kappa shape index (κ2) is 8.48. The van der Waals surface area contributed by atoms with E-state index in [0.717, 1.165) is 25.7 Å². The van der Waals surface area contributed by atoms with Gasteiger partial charge in [0.05, 0.1) is 0 Å². The predicted molar refractivity (Wildman–Crippen MR) is 65.5 cm³/mol. The molecular weight excluding hydrogens is 295 g/mol. The van der Waals surface area contributed by atoms with Crippen LogP contribution in [0.5, 0.6) is 0 Å². The quantitative estimate of drug-likeness (QED) is 0.737. The topological polar surface area (TPSA) is 104 Å². The minimum absolute atomic E-state index is 0.0329. The molecule has 1 rings (SSSR count). The Hall–Kier alpha value is -1.80. The largest absolute Gasteiger partial charge is 0.490 e. The van der Waals surface area contributed by atoms with Crippen LogP contribution in [0.1, 0.15) is 39.0 Å². The van der Waals surface area contributed by atoms with Gasteiger partial charge in [-0.2, -0.15) is 13.2 Å². The fourth-order valence-electron chi connectivity index (χ4n) is 1.76. The Kier molecular flexibility index (Phi) is 7.75. The highest BCUT2D eigenvalue weighted by Gasteiger charge is 2.38. The number of nitrogens with one attached hydrogen (secondary N) is 1. The molecule has 0 spiro atoms. The lowest BCUT2D eigenvalue weighted by Crippen LogP contribution is -2.42. The highest BCUT2D eigenvalue weighted by Crippen LogP contribution is 2.23. The Morgan fingerprint density at radius 3 is 1.86 bits per heavy atom. The molecule has 0 aromatic carbocycles. The van der Waals surface area contributed by atoms with E-state index in [1.165, 1.54) is 13.3 Å². The molecule has 1 aliphatic rings. The van der Waals surface area contributed by atoms with E-state index in [1.807, 2.05) is 0 Å². The molecule has 0 bridgehead atoms. The first kappa shape index (κ1) is 19.2. The maximum Gasteiger partial charge on any atom is 0.490 e. The molecule has 3 N–H and O–H groups in total. The molecule has 0 aliphatic heterocycles. The van der Waals surface area contributed by atoms with Gasteiger partial charge in [0, 0.05) is 5.92 Å². The molecule has 1 fully saturated rings. The average molecular weight is 313 g/mol. The van der Waals surface area contributed by atoms with Gasteiger partial charge in [0.2, 0.25) is 5.91 Å². The molecule has 0 unspecified atom stereocenters. The molecule has 0 saturated heterocycles. The van der Waals surface area contributed by atoms with Gasteiger partial charge in [-0.05, 0) is 19.8 Å². The maximum atomic E-state index is 11.5. The SMILES string of the molecule is C[C@H](NC(=O)C1CCCCC1)C(=O)O.O=C(O)C(F)(F)F. The molecule has 1 saturated carbocycles. The lowest BCUT2D eigenvalue weighted by Gasteiger charge is -2.21. The van der Waals surface area contributed by atoms with Gasteiger partial charge in [-0.15, -0.1) is 0 Å². The van der Waals surface area contributed by atoms with Crippen molar-refractivity contribution in [1.29, 1.82) is 0 Å². The maximum absolute atomic E-state index is 11.5. The summed E-state index contributed by atoms with van der Waals surface area (Å²) in [5.41, 5.74) is 0. The average Bonchev–Trinajstić information content (AvgIpc) is 2.39. The van der Waals surface area contributed by atoms with Gasteiger partial charge in [-0.25, -0.2) is 4.79 Å². The van der Waals surface area contributed by atoms with E-state index in [2.05, 4.69) is 5.32 Å². The molecule has 21 heavy (non-hydrogen) atoms. The first-order chi connectivity index (χ1) is 9.55. The lowest BCUT2D eigenvalue weighted by molar-refractivity contribution is -0.192. The van der Waals surface area contributed by atoms with E-state index in [0.29, 0.717) is 0 Å². The van der Waals surface area contributed by atoms with Crippen molar-refractivity contribution in [1.82, 2.24) is 5.32 Å². The van der Waals surface area contributed by atoms with E-state index in [-0.39, 0.29) is 11.8 Å². The van der Waals surface area contributed by atoms with E-state index < -0.39 is 24.2 Å². The van der Waals surface area contributed by atoms with Crippen molar-refractivity contribution in [2.75, 3.05) is 0 Å². The zero-order valence-electron chi connectivity index (χ0n) is 11.4. The Labute approximate surface area is 119 Å². The van der Waals surface area contributed by atoms with Crippen molar-refractivity contribution in [2.45, 2.75) is 51.2 Å². The fraction of sp³-hybridized carbons (Fsp3) is 0.750. The van der Waals surface area contributed by atoms with E-state index >= 15 is 0 Å². The first-order valence-electron chi connectivity index (χ1n) is 6.39. The number of rotatable bonds is 3. The highest BCUT2D eigenvalue weighted by molar-refractivity contribution is 5.84. The summed E-state index contributed by atoms with van der Waals surface area (Å²) in [4.78, 5) is 30.9. The van der Waals surface area contributed by atoms with Crippen LogP contribution in [0.2, 0.25) is 0 Å². The van der Waals surface area contributed by atoms with Gasteiger partial charge in [-0.3, -0.25) is 9.59 Å². The molecule has 0 aromatic heterocycles. The number of carboxylic acids is 2. The third-order valence-electron chi connectivity index (χ3n) is 2.95. The van der Waals surface area contributed by atoms with E-state index in [1.54, 1.807) is 0 Å². The summed E-state index contributed by atoms with van der Waals surface area (Å²) in [6.45, 7) is 1.49. The van der Waals surface area contributed by atoms with Crippen LogP contribution in [-0.4, -0.2) is 40.3 Å². The van der Waals surface area contributed by atoms with Crippen LogP contribution in [0.4, 0.5) is 13.2 Å². The van der Waals surface area contributed by atoms with Crippen LogP contribution in [0.25, 0.3) is 0 Å². The third-order valence-corrected chi connectivity index (χ3v) is 2.95. The molecular formula is C12H18F3NO5. The molecule has 0 aromatic rings. The standard InChI is InChI=1S/C10H17NO3.C2HF3O2/c1-7(10(13)14)11-9(12)8-5-3-2-4-6-8;3-2(4,5)1(6)7/h7-8H,2-6H2,1H3,(H,11,12)(H,13,14);(H,6,7)/t7-;/m0./s1. The smallest absolute Gasteiger partial charge is 0.480 e. The van der Waals surface area contributed by atoms with Crippen molar-refractivity contribution in [2.24, 2.45) is 5.92 Å². The van der Waals surface area contributed by atoms with Gasteiger partial charge >= 0.3 is 18.1 Å². The van der Waals surface area contributed by atoms with E-state index in [9.17, 15) is 22.8 Å². The first-order valence-corrected chi connectivity index (χ1v) is 6.39. The van der Waals surface area contributed by atoms with Gasteiger partial charge in [-0.1, -0.05) is 19.3 Å². The van der Waals surface area contributed by atoms with Crippen molar-refractivity contribution in [3.8, 4) is 0 Å². The normalized spacial score (nSPS) is 17.1. The number of hydrogen-bond donors (Lipinski definition) is 3. The monoisotopic (exact) mass is 313 g/mol. The number of carboxylic acid groups (broad SMARTS) is 2.